The van der Waals surface area contributed by atoms with Gasteiger partial charge in [0.1, 0.15) is 24.2 Å². The zero-order chi connectivity index (χ0) is 15.5. The zero-order valence-corrected chi connectivity index (χ0v) is 13.0. The van der Waals surface area contributed by atoms with Gasteiger partial charge in [0.05, 0.1) is 7.11 Å². The molecule has 0 radical (unpaired) electrons. The maximum Gasteiger partial charge on any atom is 0.290 e. The molecule has 0 saturated carbocycles. The van der Waals surface area contributed by atoms with E-state index >= 15 is 0 Å². The number of piperazine rings is 1. The lowest BCUT2D eigenvalue weighted by Crippen LogP contribution is -2.51. The average molecular weight is 341 g/mol. The highest BCUT2D eigenvalue weighted by molar-refractivity contribution is 5.85. The number of hydrogen-bond acceptors (Lipinski definition) is 4. The molecule has 1 aliphatic rings. The lowest BCUT2D eigenvalue weighted by molar-refractivity contribution is -0.119. The molecule has 126 valence electrons. The highest BCUT2D eigenvalue weighted by atomic mass is 35.5. The van der Waals surface area contributed by atoms with Crippen LogP contribution in [0.5, 0.6) is 5.75 Å². The van der Waals surface area contributed by atoms with E-state index in [1.165, 1.54) is 24.1 Å². The fraction of sp³-hybridized carbons (Fsp3) is 0.571. The van der Waals surface area contributed by atoms with Crippen LogP contribution in [0.2, 0.25) is 0 Å². The summed E-state index contributed by atoms with van der Waals surface area (Å²) in [6.07, 6.45) is 0. The Morgan fingerprint density at radius 2 is 2.00 bits per heavy atom. The smallest absolute Gasteiger partial charge is 0.290 e. The van der Waals surface area contributed by atoms with Crippen molar-refractivity contribution in [3.8, 4) is 5.75 Å². The first kappa shape index (κ1) is 19.0. The van der Waals surface area contributed by atoms with Gasteiger partial charge in [-0.05, 0) is 18.2 Å². The molecule has 1 saturated heterocycles. The summed E-state index contributed by atoms with van der Waals surface area (Å²) < 4.78 is 47.4. The molecule has 0 aliphatic carbocycles. The number of nitrogens with zero attached hydrogens (tertiary/aromatic N) is 1. The largest absolute Gasteiger partial charge is 0.497 e. The molecule has 0 aromatic heterocycles. The minimum absolute atomic E-state index is 0. The lowest BCUT2D eigenvalue weighted by Gasteiger charge is -2.38. The molecule has 2 rings (SSSR count). The number of benzene rings is 1. The van der Waals surface area contributed by atoms with Gasteiger partial charge in [-0.15, -0.1) is 12.4 Å². The molecule has 1 heterocycles. The Morgan fingerprint density at radius 1 is 1.36 bits per heavy atom. The van der Waals surface area contributed by atoms with Crippen LogP contribution in [0, 0.1) is 5.82 Å². The molecular formula is C14H20ClF3N2O2. The molecule has 8 heteroatoms. The van der Waals surface area contributed by atoms with E-state index < -0.39 is 24.4 Å². The van der Waals surface area contributed by atoms with E-state index in [4.69, 9.17) is 9.84 Å². The zero-order valence-electron chi connectivity index (χ0n) is 12.2. The van der Waals surface area contributed by atoms with Gasteiger partial charge in [-0.3, -0.25) is 4.90 Å². The minimum Gasteiger partial charge on any atom is -0.497 e. The topological polar surface area (TPSA) is 44.7 Å². The Balaban J connectivity index is 0.00000242. The van der Waals surface area contributed by atoms with Crippen molar-refractivity contribution >= 4 is 12.4 Å². The second-order valence-electron chi connectivity index (χ2n) is 5.00. The Labute approximate surface area is 133 Å². The maximum absolute atomic E-state index is 14.2. The monoisotopic (exact) mass is 340 g/mol. The Morgan fingerprint density at radius 3 is 2.55 bits per heavy atom. The van der Waals surface area contributed by atoms with E-state index in [2.05, 4.69) is 5.32 Å². The third kappa shape index (κ3) is 4.04. The number of methoxy groups -OCH3 is 1. The fourth-order valence-electron chi connectivity index (χ4n) is 2.58. The van der Waals surface area contributed by atoms with Crippen LogP contribution < -0.4 is 10.1 Å². The van der Waals surface area contributed by atoms with E-state index in [1.54, 1.807) is 0 Å². The van der Waals surface area contributed by atoms with E-state index in [-0.39, 0.29) is 18.0 Å². The summed E-state index contributed by atoms with van der Waals surface area (Å²) in [6, 6.07) is 2.24. The van der Waals surface area contributed by atoms with Gasteiger partial charge in [0, 0.05) is 31.7 Å². The number of aliphatic hydroxyl groups is 1. The van der Waals surface area contributed by atoms with Crippen LogP contribution in [0.1, 0.15) is 11.6 Å². The third-order valence-electron chi connectivity index (χ3n) is 3.63. The first-order valence-electron chi connectivity index (χ1n) is 6.76. The number of halogens is 4. The molecule has 1 aromatic carbocycles. The molecule has 1 aromatic rings. The van der Waals surface area contributed by atoms with E-state index in [0.717, 1.165) is 6.07 Å². The van der Waals surface area contributed by atoms with Crippen LogP contribution in [0.4, 0.5) is 13.2 Å². The summed E-state index contributed by atoms with van der Waals surface area (Å²) in [5.74, 6) is -3.86. The quantitative estimate of drug-likeness (QED) is 0.858. The molecule has 0 amide bonds. The van der Waals surface area contributed by atoms with Gasteiger partial charge < -0.3 is 15.2 Å². The normalized spacial score (nSPS) is 17.7. The lowest BCUT2D eigenvalue weighted by atomic mass is 9.97. The standard InChI is InChI=1S/C14H19F3N2O2.ClH/c1-21-10-2-3-12(15)11(8-10)13(14(16,17)9-20)19-6-4-18-5-7-19;/h2-3,8,13,18,20H,4-7,9H2,1H3;1H/t13-;/m0./s1. The number of rotatable bonds is 5. The SMILES string of the molecule is COc1ccc(F)c([C@H](N2CCNCC2)C(F)(F)CO)c1.Cl. The predicted molar refractivity (Wildman–Crippen MR) is 79.4 cm³/mol. The first-order valence-corrected chi connectivity index (χ1v) is 6.76. The third-order valence-corrected chi connectivity index (χ3v) is 3.63. The van der Waals surface area contributed by atoms with Crippen molar-refractivity contribution in [2.24, 2.45) is 0 Å². The summed E-state index contributed by atoms with van der Waals surface area (Å²) in [5.41, 5.74) is -0.157. The van der Waals surface area contributed by atoms with Crippen molar-refractivity contribution in [3.05, 3.63) is 29.6 Å². The van der Waals surface area contributed by atoms with Crippen LogP contribution >= 0.6 is 12.4 Å². The van der Waals surface area contributed by atoms with Crippen molar-refractivity contribution in [3.63, 3.8) is 0 Å². The van der Waals surface area contributed by atoms with Gasteiger partial charge in [-0.2, -0.15) is 0 Å². The van der Waals surface area contributed by atoms with Gasteiger partial charge >= 0.3 is 0 Å². The van der Waals surface area contributed by atoms with E-state index in [0.29, 0.717) is 31.9 Å². The number of ether oxygens (including phenoxy) is 1. The molecule has 1 aliphatic heterocycles. The summed E-state index contributed by atoms with van der Waals surface area (Å²) in [7, 11) is 1.39. The van der Waals surface area contributed by atoms with Crippen molar-refractivity contribution in [1.29, 1.82) is 0 Å². The second-order valence-corrected chi connectivity index (χ2v) is 5.00. The van der Waals surface area contributed by atoms with Crippen LogP contribution in [-0.2, 0) is 0 Å². The number of aliphatic hydroxyl groups excluding tert-OH is 1. The minimum atomic E-state index is -3.44. The molecule has 22 heavy (non-hydrogen) atoms. The van der Waals surface area contributed by atoms with Crippen LogP contribution in [0.3, 0.4) is 0 Å². The van der Waals surface area contributed by atoms with Crippen LogP contribution in [-0.4, -0.2) is 55.8 Å². The molecule has 4 nitrogen and oxygen atoms in total. The Bertz CT molecular complexity index is 485. The van der Waals surface area contributed by atoms with Crippen LogP contribution in [0.15, 0.2) is 18.2 Å². The second kappa shape index (κ2) is 8.01. The molecule has 0 spiro atoms. The summed E-state index contributed by atoms with van der Waals surface area (Å²) in [4.78, 5) is 1.49. The average Bonchev–Trinajstić information content (AvgIpc) is 2.50. The van der Waals surface area contributed by atoms with Gasteiger partial charge in [-0.1, -0.05) is 0 Å². The fourth-order valence-corrected chi connectivity index (χ4v) is 2.58. The Kier molecular flexibility index (Phi) is 6.93. The van der Waals surface area contributed by atoms with E-state index in [9.17, 15) is 13.2 Å². The maximum atomic E-state index is 14.2. The summed E-state index contributed by atoms with van der Waals surface area (Å²) >= 11 is 0. The van der Waals surface area contributed by atoms with Gasteiger partial charge in [-0.25, -0.2) is 13.2 Å². The van der Waals surface area contributed by atoms with Crippen LogP contribution in [0.25, 0.3) is 0 Å². The molecule has 0 bridgehead atoms. The van der Waals surface area contributed by atoms with Crippen molar-refractivity contribution in [2.45, 2.75) is 12.0 Å². The van der Waals surface area contributed by atoms with Gasteiger partial charge in [0.15, 0.2) is 0 Å². The molecule has 1 atom stereocenters. The van der Waals surface area contributed by atoms with Gasteiger partial charge in [0.2, 0.25) is 0 Å². The molecule has 1 fully saturated rings. The van der Waals surface area contributed by atoms with Crippen molar-refractivity contribution in [2.75, 3.05) is 39.9 Å². The summed E-state index contributed by atoms with van der Waals surface area (Å²) in [6.45, 7) is 0.471. The van der Waals surface area contributed by atoms with E-state index in [1.807, 2.05) is 0 Å². The summed E-state index contributed by atoms with van der Waals surface area (Å²) in [5, 5.41) is 12.1. The number of hydrogen-bond donors (Lipinski definition) is 2. The van der Waals surface area contributed by atoms with Crippen molar-refractivity contribution < 1.29 is 23.0 Å². The van der Waals surface area contributed by atoms with Crippen molar-refractivity contribution in [1.82, 2.24) is 10.2 Å². The predicted octanol–water partition coefficient (Wildman–Crippen LogP) is 1.83. The molecular weight excluding hydrogens is 321 g/mol. The van der Waals surface area contributed by atoms with Gasteiger partial charge in [0.25, 0.3) is 5.92 Å². The molecule has 2 N–H and O–H groups in total. The number of alkyl halides is 2. The first-order chi connectivity index (χ1) is 9.99. The highest BCUT2D eigenvalue weighted by Crippen LogP contribution is 2.38. The molecule has 0 unspecified atom stereocenters. The highest BCUT2D eigenvalue weighted by Gasteiger charge is 2.45. The Hall–Kier alpha value is -1.02. The number of nitrogens with one attached hydrogen (secondary N) is 1.